The first-order valence-electron chi connectivity index (χ1n) is 11.7. The van der Waals surface area contributed by atoms with Gasteiger partial charge in [0.1, 0.15) is 0 Å². The van der Waals surface area contributed by atoms with E-state index in [1.807, 2.05) is 60.7 Å². The van der Waals surface area contributed by atoms with Crippen molar-refractivity contribution in [3.63, 3.8) is 0 Å². The molecule has 4 rings (SSSR count). The quantitative estimate of drug-likeness (QED) is 0.361. The molecule has 174 valence electrons. The van der Waals surface area contributed by atoms with Gasteiger partial charge >= 0.3 is 0 Å². The number of hydrogen-bond acceptors (Lipinski definition) is 4. The van der Waals surface area contributed by atoms with Crippen LogP contribution in [0, 0.1) is 11.8 Å². The normalized spacial score (nSPS) is 10.6. The fourth-order valence-electron chi connectivity index (χ4n) is 4.02. The van der Waals surface area contributed by atoms with Crippen molar-refractivity contribution >= 4 is 5.91 Å². The van der Waals surface area contributed by atoms with Crippen LogP contribution in [-0.2, 0) is 4.79 Å². The van der Waals surface area contributed by atoms with E-state index in [0.717, 1.165) is 22.3 Å². The van der Waals surface area contributed by atoms with Crippen LogP contribution in [0.15, 0.2) is 110 Å². The van der Waals surface area contributed by atoms with Crippen LogP contribution in [0.3, 0.4) is 0 Å². The van der Waals surface area contributed by atoms with Crippen LogP contribution in [0.1, 0.15) is 40.6 Å². The molecule has 2 N–H and O–H groups in total. The number of benzene rings is 2. The topological polar surface area (TPSA) is 66.9 Å². The van der Waals surface area contributed by atoms with Crippen molar-refractivity contribution in [1.29, 1.82) is 0 Å². The molecule has 0 aliphatic carbocycles. The molecule has 2 heterocycles. The van der Waals surface area contributed by atoms with Crippen LogP contribution in [0.5, 0.6) is 0 Å². The minimum absolute atomic E-state index is 0.00788. The SMILES string of the molecule is O=C(CC(c1ccccc1)c1ccccc1)NCC#CCNC(c1ccncc1)c1ccncc1. The lowest BCUT2D eigenvalue weighted by atomic mass is 9.88. The van der Waals surface area contributed by atoms with Crippen molar-refractivity contribution in [1.82, 2.24) is 20.6 Å². The maximum absolute atomic E-state index is 12.7. The highest BCUT2D eigenvalue weighted by Gasteiger charge is 2.17. The molecule has 5 heteroatoms. The van der Waals surface area contributed by atoms with Gasteiger partial charge in [0, 0.05) is 37.1 Å². The van der Waals surface area contributed by atoms with Crippen molar-refractivity contribution in [2.75, 3.05) is 13.1 Å². The largest absolute Gasteiger partial charge is 0.345 e. The molecule has 0 fully saturated rings. The Labute approximate surface area is 206 Å². The Morgan fingerprint density at radius 1 is 0.657 bits per heavy atom. The predicted octanol–water partition coefficient (Wildman–Crippen LogP) is 4.50. The van der Waals surface area contributed by atoms with Crippen molar-refractivity contribution < 1.29 is 4.79 Å². The number of carbonyl (C=O) groups excluding carboxylic acids is 1. The Hall–Kier alpha value is -4.27. The molecule has 5 nitrogen and oxygen atoms in total. The van der Waals surface area contributed by atoms with Gasteiger partial charge in [-0.05, 0) is 46.5 Å². The standard InChI is InChI=1S/C30H28N4O/c35-29(23-28(24-9-3-1-4-10-24)25-11-5-2-6-12-25)33-17-7-8-18-34-30(26-13-19-31-20-14-26)27-15-21-32-22-16-27/h1-6,9-16,19-22,28,30,34H,17-18,23H2,(H,33,35). The minimum Gasteiger partial charge on any atom is -0.345 e. The molecule has 2 aromatic heterocycles. The lowest BCUT2D eigenvalue weighted by Crippen LogP contribution is -2.26. The summed E-state index contributed by atoms with van der Waals surface area (Å²) < 4.78 is 0. The zero-order valence-electron chi connectivity index (χ0n) is 19.5. The molecule has 35 heavy (non-hydrogen) atoms. The summed E-state index contributed by atoms with van der Waals surface area (Å²) in [5, 5.41) is 6.42. The van der Waals surface area contributed by atoms with Gasteiger partial charge < -0.3 is 5.32 Å². The minimum atomic E-state index is -0.0172. The van der Waals surface area contributed by atoms with E-state index in [9.17, 15) is 4.79 Å². The van der Waals surface area contributed by atoms with Crippen molar-refractivity contribution in [3.8, 4) is 11.8 Å². The van der Waals surface area contributed by atoms with Gasteiger partial charge in [0.05, 0.1) is 19.1 Å². The Morgan fingerprint density at radius 3 is 1.66 bits per heavy atom. The Morgan fingerprint density at radius 2 is 1.14 bits per heavy atom. The first-order valence-corrected chi connectivity index (χ1v) is 11.7. The summed E-state index contributed by atoms with van der Waals surface area (Å²) in [5.74, 6) is 6.17. The maximum atomic E-state index is 12.7. The van der Waals surface area contributed by atoms with Gasteiger partial charge in [-0.3, -0.25) is 20.1 Å². The molecule has 0 aliphatic heterocycles. The number of nitrogens with one attached hydrogen (secondary N) is 2. The molecule has 0 aliphatic rings. The number of rotatable bonds is 9. The fraction of sp³-hybridized carbons (Fsp3) is 0.167. The van der Waals surface area contributed by atoms with Crippen molar-refractivity contribution in [3.05, 3.63) is 132 Å². The van der Waals surface area contributed by atoms with Gasteiger partial charge in [0.15, 0.2) is 0 Å². The van der Waals surface area contributed by atoms with E-state index < -0.39 is 0 Å². The van der Waals surface area contributed by atoms with Crippen LogP contribution < -0.4 is 10.6 Å². The molecule has 4 aromatic rings. The molecular weight excluding hydrogens is 432 g/mol. The Balaban J connectivity index is 1.31. The van der Waals surface area contributed by atoms with E-state index in [1.165, 1.54) is 0 Å². The first kappa shape index (κ1) is 23.9. The molecular formula is C30H28N4O. The fourth-order valence-corrected chi connectivity index (χ4v) is 4.02. The van der Waals surface area contributed by atoms with Crippen LogP contribution >= 0.6 is 0 Å². The van der Waals surface area contributed by atoms with Crippen molar-refractivity contribution in [2.45, 2.75) is 18.4 Å². The maximum Gasteiger partial charge on any atom is 0.221 e. The smallest absolute Gasteiger partial charge is 0.221 e. The van der Waals surface area contributed by atoms with Crippen molar-refractivity contribution in [2.24, 2.45) is 0 Å². The van der Waals surface area contributed by atoms with E-state index >= 15 is 0 Å². The average Bonchev–Trinajstić information content (AvgIpc) is 2.93. The highest BCUT2D eigenvalue weighted by atomic mass is 16.1. The molecule has 0 spiro atoms. The van der Waals surface area contributed by atoms with Crippen LogP contribution in [0.25, 0.3) is 0 Å². The van der Waals surface area contributed by atoms with Gasteiger partial charge in [-0.25, -0.2) is 0 Å². The zero-order chi connectivity index (χ0) is 24.1. The highest BCUT2D eigenvalue weighted by molar-refractivity contribution is 5.77. The second-order valence-electron chi connectivity index (χ2n) is 8.08. The van der Waals surface area contributed by atoms with E-state index in [4.69, 9.17) is 0 Å². The molecule has 2 aromatic carbocycles. The molecule has 0 atom stereocenters. The third-order valence-electron chi connectivity index (χ3n) is 5.77. The molecule has 0 saturated carbocycles. The number of pyridine rings is 2. The van der Waals surface area contributed by atoms with Gasteiger partial charge in [-0.2, -0.15) is 0 Å². The molecule has 0 radical (unpaired) electrons. The highest BCUT2D eigenvalue weighted by Crippen LogP contribution is 2.27. The number of amides is 1. The van der Waals surface area contributed by atoms with E-state index in [-0.39, 0.29) is 17.9 Å². The zero-order valence-corrected chi connectivity index (χ0v) is 19.5. The molecule has 0 saturated heterocycles. The van der Waals surface area contributed by atoms with Gasteiger partial charge in [0.25, 0.3) is 0 Å². The lowest BCUT2D eigenvalue weighted by molar-refractivity contribution is -0.121. The molecule has 1 amide bonds. The number of hydrogen-bond donors (Lipinski definition) is 2. The van der Waals surface area contributed by atoms with Crippen LogP contribution in [0.4, 0.5) is 0 Å². The Bertz CT molecular complexity index is 1160. The Kier molecular flexibility index (Phi) is 8.75. The first-order chi connectivity index (χ1) is 17.3. The number of nitrogens with zero attached hydrogens (tertiary/aromatic N) is 2. The summed E-state index contributed by atoms with van der Waals surface area (Å²) in [5.41, 5.74) is 4.47. The van der Waals surface area contributed by atoms with Gasteiger partial charge in [-0.1, -0.05) is 72.5 Å². The third-order valence-corrected chi connectivity index (χ3v) is 5.77. The summed E-state index contributed by atoms with van der Waals surface area (Å²) in [4.78, 5) is 20.9. The predicted molar refractivity (Wildman–Crippen MR) is 138 cm³/mol. The van der Waals surface area contributed by atoms with E-state index in [2.05, 4.69) is 56.7 Å². The second kappa shape index (κ2) is 12.8. The van der Waals surface area contributed by atoms with E-state index in [1.54, 1.807) is 24.8 Å². The summed E-state index contributed by atoms with van der Waals surface area (Å²) >= 11 is 0. The van der Waals surface area contributed by atoms with Crippen LogP contribution in [0.2, 0.25) is 0 Å². The second-order valence-corrected chi connectivity index (χ2v) is 8.08. The van der Waals surface area contributed by atoms with Gasteiger partial charge in [0.2, 0.25) is 5.91 Å². The lowest BCUT2D eigenvalue weighted by Gasteiger charge is -2.18. The van der Waals surface area contributed by atoms with E-state index in [0.29, 0.717) is 19.5 Å². The van der Waals surface area contributed by atoms with Gasteiger partial charge in [-0.15, -0.1) is 0 Å². The summed E-state index contributed by atoms with van der Waals surface area (Å²) in [6, 6.07) is 28.2. The average molecular weight is 461 g/mol. The summed E-state index contributed by atoms with van der Waals surface area (Å²) in [6.07, 6.45) is 7.50. The summed E-state index contributed by atoms with van der Waals surface area (Å²) in [6.45, 7) is 0.799. The van der Waals surface area contributed by atoms with Crippen LogP contribution in [-0.4, -0.2) is 29.0 Å². The number of aromatic nitrogens is 2. The third kappa shape index (κ3) is 7.10. The molecule has 0 unspecified atom stereocenters. The monoisotopic (exact) mass is 460 g/mol. The number of carbonyl (C=O) groups is 1. The molecule has 0 bridgehead atoms. The summed E-state index contributed by atoms with van der Waals surface area (Å²) in [7, 11) is 0.